The van der Waals surface area contributed by atoms with Crippen LogP contribution in [0.4, 0.5) is 0 Å². The monoisotopic (exact) mass is 295 g/mol. The van der Waals surface area contributed by atoms with Crippen molar-refractivity contribution < 1.29 is 4.52 Å². The van der Waals surface area contributed by atoms with Crippen LogP contribution in [0.25, 0.3) is 11.4 Å². The van der Waals surface area contributed by atoms with Crippen LogP contribution in [-0.2, 0) is 5.75 Å². The van der Waals surface area contributed by atoms with Gasteiger partial charge in [0.2, 0.25) is 11.7 Å². The molecule has 0 aliphatic heterocycles. The first-order valence-corrected chi connectivity index (χ1v) is 8.02. The Balaban J connectivity index is 1.67. The molecule has 18 heavy (non-hydrogen) atoms. The van der Waals surface area contributed by atoms with Crippen molar-refractivity contribution in [2.24, 2.45) is 0 Å². The van der Waals surface area contributed by atoms with Gasteiger partial charge in [0.15, 0.2) is 4.34 Å². The van der Waals surface area contributed by atoms with Crippen molar-refractivity contribution in [3.8, 4) is 11.4 Å². The predicted octanol–water partition coefficient (Wildman–Crippen LogP) is 3.86. The Bertz CT molecular complexity index is 630. The maximum Gasteiger partial charge on any atom is 0.237 e. The minimum atomic E-state index is 0.633. The van der Waals surface area contributed by atoms with E-state index in [1.807, 2.05) is 29.1 Å². The van der Waals surface area contributed by atoms with E-state index in [0.717, 1.165) is 15.6 Å². The quantitative estimate of drug-likeness (QED) is 0.684. The fraction of sp³-hybridized carbons (Fsp3) is 0.182. The zero-order chi connectivity index (χ0) is 12.4. The smallest absolute Gasteiger partial charge is 0.237 e. The molecular formula is C11H9N3OS3. The molecule has 4 nitrogen and oxygen atoms in total. The van der Waals surface area contributed by atoms with E-state index in [4.69, 9.17) is 4.52 Å². The van der Waals surface area contributed by atoms with Crippen LogP contribution in [0.1, 0.15) is 11.6 Å². The van der Waals surface area contributed by atoms with Crippen molar-refractivity contribution in [2.45, 2.75) is 17.0 Å². The van der Waals surface area contributed by atoms with Crippen LogP contribution in [0.2, 0.25) is 0 Å². The normalized spacial score (nSPS) is 10.9. The van der Waals surface area contributed by atoms with Gasteiger partial charge in [0.05, 0.1) is 5.75 Å². The summed E-state index contributed by atoms with van der Waals surface area (Å²) in [6, 6.07) is 1.98. The molecule has 3 aromatic rings. The van der Waals surface area contributed by atoms with Crippen LogP contribution in [0, 0.1) is 6.92 Å². The Labute approximate surface area is 116 Å². The van der Waals surface area contributed by atoms with Gasteiger partial charge in [-0.05, 0) is 18.4 Å². The second-order valence-corrected chi connectivity index (χ2v) is 6.43. The Hall–Kier alpha value is -1.18. The molecule has 0 unspecified atom stereocenters. The van der Waals surface area contributed by atoms with Gasteiger partial charge in [-0.1, -0.05) is 16.9 Å². The van der Waals surface area contributed by atoms with Gasteiger partial charge in [-0.3, -0.25) is 0 Å². The van der Waals surface area contributed by atoms with E-state index in [1.165, 1.54) is 0 Å². The molecular weight excluding hydrogens is 286 g/mol. The Kier molecular flexibility index (Phi) is 3.44. The maximum absolute atomic E-state index is 5.22. The molecule has 7 heteroatoms. The average Bonchev–Trinajstić information content (AvgIpc) is 3.07. The molecule has 0 aromatic carbocycles. The van der Waals surface area contributed by atoms with Gasteiger partial charge in [-0.2, -0.15) is 16.3 Å². The highest BCUT2D eigenvalue weighted by molar-refractivity contribution is 8.00. The first-order chi connectivity index (χ1) is 8.81. The van der Waals surface area contributed by atoms with E-state index in [2.05, 4.69) is 15.1 Å². The predicted molar refractivity (Wildman–Crippen MR) is 74.0 cm³/mol. The molecule has 0 N–H and O–H groups in total. The van der Waals surface area contributed by atoms with E-state index < -0.39 is 0 Å². The molecule has 0 atom stereocenters. The first kappa shape index (κ1) is 11.9. The average molecular weight is 295 g/mol. The summed E-state index contributed by atoms with van der Waals surface area (Å²) in [5.41, 5.74) is 2.05. The van der Waals surface area contributed by atoms with Crippen molar-refractivity contribution in [2.75, 3.05) is 0 Å². The van der Waals surface area contributed by atoms with E-state index in [1.54, 1.807) is 34.4 Å². The van der Waals surface area contributed by atoms with Crippen molar-refractivity contribution >= 4 is 34.4 Å². The molecule has 3 rings (SSSR count). The second kappa shape index (κ2) is 5.21. The van der Waals surface area contributed by atoms with Gasteiger partial charge in [0, 0.05) is 22.0 Å². The lowest BCUT2D eigenvalue weighted by Gasteiger charge is -1.90. The van der Waals surface area contributed by atoms with Gasteiger partial charge in [-0.15, -0.1) is 11.3 Å². The van der Waals surface area contributed by atoms with Crippen LogP contribution in [0.15, 0.2) is 31.1 Å². The summed E-state index contributed by atoms with van der Waals surface area (Å²) in [6.07, 6.45) is 0. The van der Waals surface area contributed by atoms with E-state index in [9.17, 15) is 0 Å². The largest absolute Gasteiger partial charge is 0.338 e. The van der Waals surface area contributed by atoms with E-state index in [-0.39, 0.29) is 0 Å². The Morgan fingerprint density at radius 2 is 2.28 bits per heavy atom. The number of rotatable bonds is 4. The lowest BCUT2D eigenvalue weighted by Crippen LogP contribution is -1.81. The number of aryl methyl sites for hydroxylation is 1. The van der Waals surface area contributed by atoms with Gasteiger partial charge in [0.1, 0.15) is 0 Å². The zero-order valence-electron chi connectivity index (χ0n) is 9.49. The summed E-state index contributed by atoms with van der Waals surface area (Å²) in [5, 5.41) is 10.0. The minimum absolute atomic E-state index is 0.633. The summed E-state index contributed by atoms with van der Waals surface area (Å²) < 4.78 is 6.25. The SMILES string of the molecule is Cc1csc(SCc2nc(-c3ccsc3)no2)n1. The fourth-order valence-electron chi connectivity index (χ4n) is 1.34. The van der Waals surface area contributed by atoms with Crippen molar-refractivity contribution in [3.05, 3.63) is 33.8 Å². The zero-order valence-corrected chi connectivity index (χ0v) is 11.9. The summed E-state index contributed by atoms with van der Waals surface area (Å²) in [6.45, 7) is 1.99. The number of thiazole rings is 1. The van der Waals surface area contributed by atoms with Crippen LogP contribution in [0.3, 0.4) is 0 Å². The number of hydrogen-bond donors (Lipinski definition) is 0. The Morgan fingerprint density at radius 3 is 3.00 bits per heavy atom. The maximum atomic E-state index is 5.22. The summed E-state index contributed by atoms with van der Waals surface area (Å²) in [5.74, 6) is 1.95. The molecule has 0 aliphatic carbocycles. The molecule has 0 radical (unpaired) electrons. The molecule has 0 amide bonds. The van der Waals surface area contributed by atoms with Crippen molar-refractivity contribution in [3.63, 3.8) is 0 Å². The number of nitrogens with zero attached hydrogens (tertiary/aromatic N) is 3. The first-order valence-electron chi connectivity index (χ1n) is 5.21. The van der Waals surface area contributed by atoms with Gasteiger partial charge in [-0.25, -0.2) is 4.98 Å². The standard InChI is InChI=1S/C11H9N3OS3/c1-7-4-17-11(12-7)18-6-9-13-10(14-15-9)8-2-3-16-5-8/h2-5H,6H2,1H3. The number of thiophene rings is 1. The second-order valence-electron chi connectivity index (χ2n) is 3.57. The number of hydrogen-bond acceptors (Lipinski definition) is 7. The molecule has 0 saturated heterocycles. The van der Waals surface area contributed by atoms with E-state index in [0.29, 0.717) is 17.5 Å². The minimum Gasteiger partial charge on any atom is -0.338 e. The molecule has 3 heterocycles. The third-order valence-corrected chi connectivity index (χ3v) is 4.97. The molecule has 92 valence electrons. The highest BCUT2D eigenvalue weighted by Crippen LogP contribution is 2.26. The lowest BCUT2D eigenvalue weighted by molar-refractivity contribution is 0.391. The molecule has 0 bridgehead atoms. The van der Waals surface area contributed by atoms with Gasteiger partial charge < -0.3 is 4.52 Å². The van der Waals surface area contributed by atoms with Crippen molar-refractivity contribution in [1.82, 2.24) is 15.1 Å². The Morgan fingerprint density at radius 1 is 1.33 bits per heavy atom. The summed E-state index contributed by atoms with van der Waals surface area (Å²) in [7, 11) is 0. The van der Waals surface area contributed by atoms with Crippen LogP contribution < -0.4 is 0 Å². The van der Waals surface area contributed by atoms with Crippen LogP contribution in [-0.4, -0.2) is 15.1 Å². The number of thioether (sulfide) groups is 1. The third-order valence-electron chi connectivity index (χ3n) is 2.16. The van der Waals surface area contributed by atoms with Crippen LogP contribution in [0.5, 0.6) is 0 Å². The number of aromatic nitrogens is 3. The molecule has 0 saturated carbocycles. The van der Waals surface area contributed by atoms with Crippen LogP contribution >= 0.6 is 34.4 Å². The summed E-state index contributed by atoms with van der Waals surface area (Å²) >= 11 is 4.88. The molecule has 0 aliphatic rings. The molecule has 0 fully saturated rings. The fourth-order valence-corrected chi connectivity index (χ4v) is 3.67. The van der Waals surface area contributed by atoms with Crippen molar-refractivity contribution in [1.29, 1.82) is 0 Å². The highest BCUT2D eigenvalue weighted by atomic mass is 32.2. The topological polar surface area (TPSA) is 51.8 Å². The third kappa shape index (κ3) is 2.63. The highest BCUT2D eigenvalue weighted by Gasteiger charge is 2.10. The van der Waals surface area contributed by atoms with E-state index >= 15 is 0 Å². The van der Waals surface area contributed by atoms with Gasteiger partial charge in [0.25, 0.3) is 0 Å². The van der Waals surface area contributed by atoms with Gasteiger partial charge >= 0.3 is 0 Å². The molecule has 3 aromatic heterocycles. The summed E-state index contributed by atoms with van der Waals surface area (Å²) in [4.78, 5) is 8.74. The lowest BCUT2D eigenvalue weighted by atomic mass is 10.3. The molecule has 0 spiro atoms.